The summed E-state index contributed by atoms with van der Waals surface area (Å²) in [6, 6.07) is 0. The largest absolute Gasteiger partial charge is 0.380 e. The standard InChI is InChI=1S/C14H25N3O/c1-3-5-9-18-10-8-17-13-6-7-15-11-12(13)16-14(17)4-2/h15H,3-11H2,1-2H3. The molecule has 1 aliphatic heterocycles. The van der Waals surface area contributed by atoms with Crippen molar-refractivity contribution in [3.63, 3.8) is 0 Å². The number of fused-ring (bicyclic) bond motifs is 1. The van der Waals surface area contributed by atoms with Gasteiger partial charge in [0.1, 0.15) is 5.82 Å². The second kappa shape index (κ2) is 6.90. The van der Waals surface area contributed by atoms with Crippen LogP contribution in [0.25, 0.3) is 0 Å². The molecule has 0 bridgehead atoms. The fourth-order valence-electron chi connectivity index (χ4n) is 2.46. The van der Waals surface area contributed by atoms with Crippen LogP contribution >= 0.6 is 0 Å². The zero-order valence-electron chi connectivity index (χ0n) is 11.7. The topological polar surface area (TPSA) is 39.1 Å². The molecule has 1 aromatic rings. The van der Waals surface area contributed by atoms with Crippen LogP contribution in [0.3, 0.4) is 0 Å². The Morgan fingerprint density at radius 1 is 1.33 bits per heavy atom. The Morgan fingerprint density at radius 3 is 3.00 bits per heavy atom. The van der Waals surface area contributed by atoms with Crippen LogP contribution in [-0.4, -0.2) is 29.3 Å². The van der Waals surface area contributed by atoms with Crippen LogP contribution < -0.4 is 5.32 Å². The first-order valence-corrected chi connectivity index (χ1v) is 7.22. The van der Waals surface area contributed by atoms with E-state index in [0.29, 0.717) is 0 Å². The minimum Gasteiger partial charge on any atom is -0.380 e. The lowest BCUT2D eigenvalue weighted by atomic mass is 10.2. The number of unbranched alkanes of at least 4 members (excludes halogenated alkanes) is 1. The molecule has 1 aliphatic rings. The van der Waals surface area contributed by atoms with Gasteiger partial charge in [-0.3, -0.25) is 0 Å². The Labute approximate surface area is 110 Å². The molecule has 2 heterocycles. The van der Waals surface area contributed by atoms with Crippen molar-refractivity contribution in [3.8, 4) is 0 Å². The van der Waals surface area contributed by atoms with Gasteiger partial charge in [0.2, 0.25) is 0 Å². The molecule has 1 aromatic heterocycles. The van der Waals surface area contributed by atoms with Gasteiger partial charge in [0.25, 0.3) is 0 Å². The SMILES string of the molecule is CCCCOCCn1c(CC)nc2c1CCNC2. The monoisotopic (exact) mass is 251 g/mol. The minimum absolute atomic E-state index is 0.809. The molecule has 0 amide bonds. The highest BCUT2D eigenvalue weighted by Gasteiger charge is 2.18. The first-order valence-electron chi connectivity index (χ1n) is 7.22. The predicted molar refractivity (Wildman–Crippen MR) is 72.7 cm³/mol. The molecule has 0 fully saturated rings. The highest BCUT2D eigenvalue weighted by molar-refractivity contribution is 5.20. The van der Waals surface area contributed by atoms with E-state index in [1.165, 1.54) is 23.6 Å². The van der Waals surface area contributed by atoms with E-state index in [1.54, 1.807) is 0 Å². The van der Waals surface area contributed by atoms with Crippen molar-refractivity contribution in [3.05, 3.63) is 17.2 Å². The summed E-state index contributed by atoms with van der Waals surface area (Å²) in [5, 5.41) is 3.38. The van der Waals surface area contributed by atoms with Crippen LogP contribution in [0.4, 0.5) is 0 Å². The number of nitrogens with one attached hydrogen (secondary N) is 1. The Bertz CT molecular complexity index is 373. The lowest BCUT2D eigenvalue weighted by Crippen LogP contribution is -2.25. The molecule has 4 heteroatoms. The van der Waals surface area contributed by atoms with Gasteiger partial charge in [-0.2, -0.15) is 0 Å². The summed E-state index contributed by atoms with van der Waals surface area (Å²) in [6.45, 7) is 9.01. The lowest BCUT2D eigenvalue weighted by molar-refractivity contribution is 0.122. The van der Waals surface area contributed by atoms with E-state index in [2.05, 4.69) is 23.7 Å². The summed E-state index contributed by atoms with van der Waals surface area (Å²) in [5.41, 5.74) is 2.66. The normalized spacial score (nSPS) is 14.8. The van der Waals surface area contributed by atoms with Crippen molar-refractivity contribution < 1.29 is 4.74 Å². The Kier molecular flexibility index (Phi) is 5.20. The number of rotatable bonds is 7. The van der Waals surface area contributed by atoms with Gasteiger partial charge in [0.05, 0.1) is 12.3 Å². The van der Waals surface area contributed by atoms with Crippen molar-refractivity contribution in [1.29, 1.82) is 0 Å². The van der Waals surface area contributed by atoms with Gasteiger partial charge in [0, 0.05) is 44.8 Å². The van der Waals surface area contributed by atoms with E-state index in [-0.39, 0.29) is 0 Å². The number of nitrogens with zero attached hydrogens (tertiary/aromatic N) is 2. The molecule has 0 aliphatic carbocycles. The molecule has 2 rings (SSSR count). The van der Waals surface area contributed by atoms with Crippen molar-refractivity contribution >= 4 is 0 Å². The van der Waals surface area contributed by atoms with Crippen molar-refractivity contribution in [1.82, 2.24) is 14.9 Å². The molecule has 0 aromatic carbocycles. The third-order valence-electron chi connectivity index (χ3n) is 3.48. The molecule has 0 unspecified atom stereocenters. The summed E-state index contributed by atoms with van der Waals surface area (Å²) >= 11 is 0. The van der Waals surface area contributed by atoms with Crippen LogP contribution in [0.1, 0.15) is 43.9 Å². The highest BCUT2D eigenvalue weighted by Crippen LogP contribution is 2.16. The second-order valence-electron chi connectivity index (χ2n) is 4.82. The van der Waals surface area contributed by atoms with Crippen molar-refractivity contribution in [2.24, 2.45) is 0 Å². The fraction of sp³-hybridized carbons (Fsp3) is 0.786. The van der Waals surface area contributed by atoms with E-state index >= 15 is 0 Å². The maximum Gasteiger partial charge on any atom is 0.109 e. The van der Waals surface area contributed by atoms with Gasteiger partial charge in [-0.05, 0) is 6.42 Å². The van der Waals surface area contributed by atoms with Gasteiger partial charge in [-0.15, -0.1) is 0 Å². The van der Waals surface area contributed by atoms with Crippen LogP contribution in [-0.2, 0) is 30.7 Å². The van der Waals surface area contributed by atoms with Gasteiger partial charge < -0.3 is 14.6 Å². The van der Waals surface area contributed by atoms with Crippen LogP contribution in [0.15, 0.2) is 0 Å². The van der Waals surface area contributed by atoms with E-state index in [9.17, 15) is 0 Å². The zero-order valence-corrected chi connectivity index (χ0v) is 11.7. The van der Waals surface area contributed by atoms with Crippen molar-refractivity contribution in [2.75, 3.05) is 19.8 Å². The number of aromatic nitrogens is 2. The first kappa shape index (κ1) is 13.6. The molecule has 0 atom stereocenters. The summed E-state index contributed by atoms with van der Waals surface area (Å²) < 4.78 is 8.05. The second-order valence-corrected chi connectivity index (χ2v) is 4.82. The Morgan fingerprint density at radius 2 is 2.22 bits per heavy atom. The molecular formula is C14H25N3O. The molecule has 0 saturated heterocycles. The molecule has 0 spiro atoms. The summed E-state index contributed by atoms with van der Waals surface area (Å²) in [5.74, 6) is 1.21. The Hall–Kier alpha value is -0.870. The Balaban J connectivity index is 1.95. The predicted octanol–water partition coefficient (Wildman–Crippen LogP) is 1.91. The van der Waals surface area contributed by atoms with Gasteiger partial charge >= 0.3 is 0 Å². The first-order chi connectivity index (χ1) is 8.86. The molecular weight excluding hydrogens is 226 g/mol. The lowest BCUT2D eigenvalue weighted by Gasteiger charge is -2.16. The zero-order chi connectivity index (χ0) is 12.8. The van der Waals surface area contributed by atoms with E-state index in [4.69, 9.17) is 9.72 Å². The van der Waals surface area contributed by atoms with Crippen molar-refractivity contribution in [2.45, 2.75) is 52.6 Å². The van der Waals surface area contributed by atoms with E-state index in [0.717, 1.165) is 52.1 Å². The third-order valence-corrected chi connectivity index (χ3v) is 3.48. The number of hydrogen-bond donors (Lipinski definition) is 1. The summed E-state index contributed by atoms with van der Waals surface area (Å²) in [4.78, 5) is 4.73. The van der Waals surface area contributed by atoms with Crippen LogP contribution in [0.5, 0.6) is 0 Å². The average molecular weight is 251 g/mol. The molecule has 102 valence electrons. The average Bonchev–Trinajstić information content (AvgIpc) is 2.77. The highest BCUT2D eigenvalue weighted by atomic mass is 16.5. The van der Waals surface area contributed by atoms with Gasteiger partial charge in [0.15, 0.2) is 0 Å². The van der Waals surface area contributed by atoms with Gasteiger partial charge in [-0.25, -0.2) is 4.98 Å². The van der Waals surface area contributed by atoms with Crippen LogP contribution in [0, 0.1) is 0 Å². The number of aryl methyl sites for hydroxylation is 1. The minimum atomic E-state index is 0.809. The smallest absolute Gasteiger partial charge is 0.109 e. The fourth-order valence-corrected chi connectivity index (χ4v) is 2.46. The number of imidazole rings is 1. The van der Waals surface area contributed by atoms with E-state index < -0.39 is 0 Å². The quantitative estimate of drug-likeness (QED) is 0.752. The maximum absolute atomic E-state index is 5.67. The van der Waals surface area contributed by atoms with Gasteiger partial charge in [-0.1, -0.05) is 20.3 Å². The number of hydrogen-bond acceptors (Lipinski definition) is 3. The molecule has 0 radical (unpaired) electrons. The molecule has 4 nitrogen and oxygen atoms in total. The molecule has 0 saturated carbocycles. The summed E-state index contributed by atoms with van der Waals surface area (Å²) in [7, 11) is 0. The summed E-state index contributed by atoms with van der Waals surface area (Å²) in [6.07, 6.45) is 4.46. The van der Waals surface area contributed by atoms with E-state index in [1.807, 2.05) is 0 Å². The maximum atomic E-state index is 5.67. The molecule has 1 N–H and O–H groups in total. The van der Waals surface area contributed by atoms with Crippen LogP contribution in [0.2, 0.25) is 0 Å². The number of ether oxygens (including phenoxy) is 1. The third kappa shape index (κ3) is 3.12. The molecule has 18 heavy (non-hydrogen) atoms.